The molecule has 0 unspecified atom stereocenters. The number of piperidine rings is 1. The van der Waals surface area contributed by atoms with Crippen LogP contribution in [0.5, 0.6) is 5.75 Å². The van der Waals surface area contributed by atoms with Crippen molar-refractivity contribution in [2.45, 2.75) is 45.3 Å². The Labute approximate surface area is 198 Å². The number of carbonyl (C=O) groups excluding carboxylic acids is 1. The lowest BCUT2D eigenvalue weighted by Crippen LogP contribution is -2.45. The molecule has 2 aliphatic rings. The molecule has 0 saturated carbocycles. The van der Waals surface area contributed by atoms with Crippen LogP contribution in [0, 0.1) is 6.92 Å². The molecule has 34 heavy (non-hydrogen) atoms. The summed E-state index contributed by atoms with van der Waals surface area (Å²) >= 11 is 0. The third-order valence-corrected chi connectivity index (χ3v) is 6.68. The molecule has 3 aromatic rings. The van der Waals surface area contributed by atoms with E-state index in [9.17, 15) is 4.79 Å². The minimum Gasteiger partial charge on any atom is -0.480 e. The van der Waals surface area contributed by atoms with Gasteiger partial charge in [-0.2, -0.15) is 4.98 Å². The number of nitrogens with two attached hydrogens (primary N) is 1. The van der Waals surface area contributed by atoms with Crippen LogP contribution in [0.25, 0.3) is 11.1 Å². The molecule has 178 valence electrons. The highest BCUT2D eigenvalue weighted by Gasteiger charge is 2.28. The number of pyridine rings is 1. The molecule has 5 rings (SSSR count). The molecule has 1 amide bonds. The Bertz CT molecular complexity index is 1130. The number of aryl methyl sites for hydroxylation is 1. The molecular formula is C25H30N6O3. The van der Waals surface area contributed by atoms with Gasteiger partial charge >= 0.3 is 0 Å². The van der Waals surface area contributed by atoms with Crippen molar-refractivity contribution in [2.75, 3.05) is 31.9 Å². The molecule has 9 nitrogen and oxygen atoms in total. The minimum absolute atomic E-state index is 0.0979. The van der Waals surface area contributed by atoms with Gasteiger partial charge in [0.1, 0.15) is 0 Å². The molecule has 1 aromatic carbocycles. The van der Waals surface area contributed by atoms with Crippen molar-refractivity contribution in [3.63, 3.8) is 0 Å². The van der Waals surface area contributed by atoms with E-state index in [1.54, 1.807) is 13.1 Å². The Morgan fingerprint density at radius 2 is 1.85 bits per heavy atom. The van der Waals surface area contributed by atoms with E-state index in [0.717, 1.165) is 37.1 Å². The fourth-order valence-corrected chi connectivity index (χ4v) is 4.80. The Morgan fingerprint density at radius 3 is 2.53 bits per heavy atom. The fraction of sp³-hybridized carbons (Fsp3) is 0.440. The van der Waals surface area contributed by atoms with Crippen LogP contribution in [0.4, 0.5) is 5.82 Å². The second kappa shape index (κ2) is 9.80. The van der Waals surface area contributed by atoms with Crippen LogP contribution >= 0.6 is 0 Å². The zero-order chi connectivity index (χ0) is 23.5. The van der Waals surface area contributed by atoms with Crippen LogP contribution in [0.15, 0.2) is 41.1 Å². The zero-order valence-corrected chi connectivity index (χ0v) is 19.4. The number of hydrogen-bond donors (Lipinski definition) is 1. The summed E-state index contributed by atoms with van der Waals surface area (Å²) in [5.74, 6) is 1.73. The van der Waals surface area contributed by atoms with Gasteiger partial charge in [-0.3, -0.25) is 4.79 Å². The summed E-state index contributed by atoms with van der Waals surface area (Å²) in [5, 5.41) is 3.75. The first-order valence-electron chi connectivity index (χ1n) is 11.9. The van der Waals surface area contributed by atoms with Crippen molar-refractivity contribution in [1.82, 2.24) is 24.9 Å². The average Bonchev–Trinajstić information content (AvgIpc) is 3.55. The van der Waals surface area contributed by atoms with E-state index >= 15 is 0 Å². The SMILES string of the molecule is Cc1noc(COc2cc(-c3ccc(C(=O)N4CCC(N5CCCC5)CC4)cc3)cnc2N)n1. The van der Waals surface area contributed by atoms with Crippen LogP contribution < -0.4 is 10.5 Å². The van der Waals surface area contributed by atoms with E-state index in [0.29, 0.717) is 29.1 Å². The normalized spacial score (nSPS) is 17.3. The van der Waals surface area contributed by atoms with E-state index in [1.807, 2.05) is 35.2 Å². The maximum absolute atomic E-state index is 13.0. The van der Waals surface area contributed by atoms with Gasteiger partial charge in [-0.15, -0.1) is 0 Å². The number of aromatic nitrogens is 3. The summed E-state index contributed by atoms with van der Waals surface area (Å²) in [6.45, 7) is 5.92. The standard InChI is InChI=1S/C25H30N6O3/c1-17-28-23(34-29-17)16-33-22-14-20(15-27-24(22)26)18-4-6-19(7-5-18)25(32)31-12-8-21(9-13-31)30-10-2-3-11-30/h4-7,14-15,21H,2-3,8-13,16H2,1H3,(H2,26,27). The molecule has 0 aliphatic carbocycles. The lowest BCUT2D eigenvalue weighted by atomic mass is 10.0. The van der Waals surface area contributed by atoms with Gasteiger partial charge in [0.2, 0.25) is 0 Å². The quantitative estimate of drug-likeness (QED) is 0.594. The highest BCUT2D eigenvalue weighted by Crippen LogP contribution is 2.28. The Morgan fingerprint density at radius 1 is 1.12 bits per heavy atom. The number of carbonyl (C=O) groups is 1. The maximum Gasteiger partial charge on any atom is 0.264 e. The number of anilines is 1. The maximum atomic E-state index is 13.0. The van der Waals surface area contributed by atoms with Gasteiger partial charge in [0.15, 0.2) is 24.0 Å². The van der Waals surface area contributed by atoms with Crippen LogP contribution in [0.3, 0.4) is 0 Å². The Kier molecular flexibility index (Phi) is 6.44. The van der Waals surface area contributed by atoms with E-state index in [4.69, 9.17) is 15.0 Å². The Hall–Kier alpha value is -3.46. The predicted molar refractivity (Wildman–Crippen MR) is 127 cm³/mol. The topological polar surface area (TPSA) is 111 Å². The van der Waals surface area contributed by atoms with E-state index < -0.39 is 0 Å². The largest absolute Gasteiger partial charge is 0.480 e. The summed E-state index contributed by atoms with van der Waals surface area (Å²) in [4.78, 5) is 26.0. The first-order valence-corrected chi connectivity index (χ1v) is 11.9. The van der Waals surface area contributed by atoms with Crippen LogP contribution in [0.1, 0.15) is 47.8 Å². The molecule has 2 fully saturated rings. The van der Waals surface area contributed by atoms with Crippen LogP contribution in [0.2, 0.25) is 0 Å². The molecule has 0 atom stereocenters. The van der Waals surface area contributed by atoms with Crippen molar-refractivity contribution in [3.8, 4) is 16.9 Å². The fourth-order valence-electron chi connectivity index (χ4n) is 4.80. The second-order valence-corrected chi connectivity index (χ2v) is 8.98. The van der Waals surface area contributed by atoms with Gasteiger partial charge in [-0.05, 0) is 69.5 Å². The first kappa shape index (κ1) is 22.3. The monoisotopic (exact) mass is 462 g/mol. The molecular weight excluding hydrogens is 432 g/mol. The number of benzene rings is 1. The van der Waals surface area contributed by atoms with Crippen LogP contribution in [-0.2, 0) is 6.61 Å². The number of nitrogens with zero attached hydrogens (tertiary/aromatic N) is 5. The molecule has 2 saturated heterocycles. The first-order chi connectivity index (χ1) is 16.6. The second-order valence-electron chi connectivity index (χ2n) is 8.98. The van der Waals surface area contributed by atoms with Crippen molar-refractivity contribution >= 4 is 11.7 Å². The number of ether oxygens (including phenoxy) is 1. The number of hydrogen-bond acceptors (Lipinski definition) is 8. The number of amides is 1. The molecule has 0 bridgehead atoms. The molecule has 0 spiro atoms. The van der Waals surface area contributed by atoms with Gasteiger partial charge in [0.25, 0.3) is 11.8 Å². The molecule has 2 aromatic heterocycles. The molecule has 0 radical (unpaired) electrons. The van der Waals surface area contributed by atoms with Crippen molar-refractivity contribution in [2.24, 2.45) is 0 Å². The van der Waals surface area contributed by atoms with Crippen molar-refractivity contribution < 1.29 is 14.1 Å². The van der Waals surface area contributed by atoms with Gasteiger partial charge < -0.3 is 24.8 Å². The third kappa shape index (κ3) is 4.89. The molecule has 2 N–H and O–H groups in total. The van der Waals surface area contributed by atoms with Crippen LogP contribution in [-0.4, -0.2) is 63.1 Å². The summed E-state index contributed by atoms with van der Waals surface area (Å²) < 4.78 is 10.8. The smallest absolute Gasteiger partial charge is 0.264 e. The average molecular weight is 463 g/mol. The lowest BCUT2D eigenvalue weighted by molar-refractivity contribution is 0.0644. The highest BCUT2D eigenvalue weighted by molar-refractivity contribution is 5.94. The third-order valence-electron chi connectivity index (χ3n) is 6.68. The van der Waals surface area contributed by atoms with E-state index in [1.165, 1.54) is 25.9 Å². The van der Waals surface area contributed by atoms with E-state index in [2.05, 4.69) is 20.0 Å². The molecule has 2 aliphatic heterocycles. The van der Waals surface area contributed by atoms with Gasteiger partial charge in [-0.1, -0.05) is 17.3 Å². The van der Waals surface area contributed by atoms with E-state index in [-0.39, 0.29) is 18.3 Å². The summed E-state index contributed by atoms with van der Waals surface area (Å²) in [7, 11) is 0. The summed E-state index contributed by atoms with van der Waals surface area (Å²) in [6.07, 6.45) is 6.43. The van der Waals surface area contributed by atoms with Crippen molar-refractivity contribution in [1.29, 1.82) is 0 Å². The number of likely N-dealkylation sites (tertiary alicyclic amines) is 2. The number of rotatable bonds is 6. The highest BCUT2D eigenvalue weighted by atomic mass is 16.5. The Balaban J connectivity index is 1.22. The summed E-state index contributed by atoms with van der Waals surface area (Å²) in [5.41, 5.74) is 8.45. The minimum atomic E-state index is 0.0979. The molecule has 4 heterocycles. The van der Waals surface area contributed by atoms with Crippen molar-refractivity contribution in [3.05, 3.63) is 53.8 Å². The molecule has 9 heteroatoms. The van der Waals surface area contributed by atoms with Gasteiger partial charge in [0, 0.05) is 36.5 Å². The van der Waals surface area contributed by atoms with Gasteiger partial charge in [-0.25, -0.2) is 4.98 Å². The predicted octanol–water partition coefficient (Wildman–Crippen LogP) is 3.30. The zero-order valence-electron chi connectivity index (χ0n) is 19.4. The van der Waals surface area contributed by atoms with Gasteiger partial charge in [0.05, 0.1) is 0 Å². The number of nitrogen functional groups attached to an aromatic ring is 1. The summed E-state index contributed by atoms with van der Waals surface area (Å²) in [6, 6.07) is 10.1. The lowest BCUT2D eigenvalue weighted by Gasteiger charge is -2.36.